The molecular formula is C101H82Br6Cl7IMgN14O14S. The Bertz CT molecular complexity index is 7280. The summed E-state index contributed by atoms with van der Waals surface area (Å²) < 4.78 is 43.0. The second-order valence-corrected chi connectivity index (χ2v) is 39.7. The van der Waals surface area contributed by atoms with E-state index in [0.717, 1.165) is 58.7 Å². The summed E-state index contributed by atoms with van der Waals surface area (Å²) in [6.45, 7) is 7.70. The number of ketones is 4. The van der Waals surface area contributed by atoms with Crippen molar-refractivity contribution in [3.05, 3.63) is 457 Å². The molecule has 44 heteroatoms. The third-order valence-electron chi connectivity index (χ3n) is 19.3. The molecule has 16 rings (SSSR count). The average molecular weight is 2630 g/mol. The maximum Gasteiger partial charge on any atom is 2.00 e. The van der Waals surface area contributed by atoms with Gasteiger partial charge in [0.1, 0.15) is 52.0 Å². The molecule has 8 heterocycles. The van der Waals surface area contributed by atoms with Crippen molar-refractivity contribution in [2.45, 2.75) is 59.3 Å². The van der Waals surface area contributed by atoms with Crippen LogP contribution in [0.4, 0.5) is 34.4 Å². The minimum absolute atomic E-state index is 0. The number of halogens is 14. The first-order chi connectivity index (χ1) is 67.8. The monoisotopic (exact) mass is 2620 g/mol. The number of aromatic nitrogens is 10. The molecule has 0 fully saturated rings. The Hall–Kier alpha value is -10.3. The van der Waals surface area contributed by atoms with Gasteiger partial charge < -0.3 is 44.0 Å². The maximum atomic E-state index is 13.3. The van der Waals surface area contributed by atoms with Crippen molar-refractivity contribution < 1.29 is 69.2 Å². The molecule has 1 atom stereocenters. The molecule has 0 saturated carbocycles. The molecular weight excluding hydrogens is 2540 g/mol. The number of pyridine rings is 6. The number of rotatable bonds is 24. The molecule has 0 radical (unpaired) electrons. The van der Waals surface area contributed by atoms with Crippen LogP contribution in [0.1, 0.15) is 135 Å². The van der Waals surface area contributed by atoms with Crippen molar-refractivity contribution in [1.29, 1.82) is 0 Å². The summed E-state index contributed by atoms with van der Waals surface area (Å²) >= 11 is 57.6. The second kappa shape index (κ2) is 60.9. The molecule has 28 nitrogen and oxygen atoms in total. The van der Waals surface area contributed by atoms with Gasteiger partial charge in [0.15, 0.2) is 44.3 Å². The summed E-state index contributed by atoms with van der Waals surface area (Å²) in [4.78, 5) is 108. The molecule has 0 spiro atoms. The van der Waals surface area contributed by atoms with Crippen molar-refractivity contribution >= 4 is 284 Å². The second-order valence-electron chi connectivity index (χ2n) is 29.2. The van der Waals surface area contributed by atoms with Crippen molar-refractivity contribution in [2.24, 2.45) is 0 Å². The zero-order valence-corrected chi connectivity index (χ0v) is 95.5. The van der Waals surface area contributed by atoms with E-state index in [0.29, 0.717) is 96.7 Å². The number of nitrogens with zero attached hydrogens (tertiary/aromatic N) is 12. The number of nitro groups is 2. The van der Waals surface area contributed by atoms with Crippen molar-refractivity contribution in [3.63, 3.8) is 0 Å². The minimum Gasteiger partial charge on any atom is -1.00 e. The number of sulfone groups is 1. The standard InChI is InChI=1S/C25H22ClN5O6S.C24H19BrClN5O4.C12H6BrClINO.C12H9BrClNO.C12H7BrClNO.C7H5ClO.C5H3Br2N.C3H7.CH4.ClH.Mg/c1-15-23(31(33)34)25(29-30(15)14-16-8-10-17(37-2)11-9-16)28-21-12-22(38(3,35)36)27-13-19(21)24(32)18-6-4-5-7-20(18)26;1-14-22(31(33)34)24(29-30(14)13-15-7-9-16(35-2)10-8-15)28-20-11-21(25)27-12-18(20)23(32)17-5-3-4-6-19(17)26;13-11-5-10(15)8(6-16-11)12(17)7-3-1-2-4-9(7)14;2*13-11-6-5-8(7-15-11)12(16)9-3-1-2-4-10(9)14;8-7-4-2-1-3-6(7)5-9;6-4-1-2-5(7)8-3-4;1-3-2;;;/h4-13H,14H2,1-3H3,(H,27,28,29);3-12H,13H2,1-2H3,(H,27,28,29);1-6H;1-7,12,16H;1-7H;1-5H;1-3H;3H,1-2H3;1H4;1H;/q;;;;;;;-1;;;+2/p-1. The smallest absolute Gasteiger partial charge is 1.00 e. The van der Waals surface area contributed by atoms with E-state index < -0.39 is 31.6 Å². The molecule has 0 bridgehead atoms. The van der Waals surface area contributed by atoms with Crippen LogP contribution in [0.15, 0.2) is 318 Å². The van der Waals surface area contributed by atoms with Gasteiger partial charge in [-0.1, -0.05) is 192 Å². The topological polar surface area (TPSA) is 381 Å². The Morgan fingerprint density at radius 2 is 0.828 bits per heavy atom. The number of ether oxygens (including phenoxy) is 2. The Morgan fingerprint density at radius 3 is 1.19 bits per heavy atom. The first kappa shape index (κ1) is 123. The first-order valence-corrected chi connectivity index (χ1v) is 51.2. The molecule has 16 aromatic rings. The minimum atomic E-state index is -3.77. The van der Waals surface area contributed by atoms with Gasteiger partial charge in [0.25, 0.3) is 0 Å². The van der Waals surface area contributed by atoms with Crippen LogP contribution in [-0.4, -0.2) is 146 Å². The normalized spacial score (nSPS) is 10.4. The van der Waals surface area contributed by atoms with Gasteiger partial charge in [-0.05, 0) is 277 Å². The van der Waals surface area contributed by atoms with Gasteiger partial charge in [-0.15, -0.1) is 10.2 Å². The molecule has 0 aliphatic heterocycles. The fraction of sp³-hybridized carbons (Fsp3) is 0.109. The zero-order valence-electron chi connectivity index (χ0n) is 76.3. The van der Waals surface area contributed by atoms with Crippen molar-refractivity contribution in [2.75, 3.05) is 31.1 Å². The van der Waals surface area contributed by atoms with Crippen LogP contribution in [0.3, 0.4) is 0 Å². The molecule has 0 aliphatic rings. The molecule has 0 aliphatic carbocycles. The molecule has 3 N–H and O–H groups in total. The van der Waals surface area contributed by atoms with Crippen molar-refractivity contribution in [1.82, 2.24) is 49.5 Å². The molecule has 1 unspecified atom stereocenters. The molecule has 145 heavy (non-hydrogen) atoms. The number of aldehydes is 1. The Balaban J connectivity index is 0.000000272. The number of carbonyl (C=O) groups excluding carboxylic acids is 5. The van der Waals surface area contributed by atoms with Crippen LogP contribution < -0.4 is 32.5 Å². The Labute approximate surface area is 952 Å². The molecule has 8 aromatic heterocycles. The summed E-state index contributed by atoms with van der Waals surface area (Å²) in [6, 6.07) is 70.9. The van der Waals surface area contributed by atoms with Gasteiger partial charge in [-0.2, -0.15) is 13.8 Å². The van der Waals surface area contributed by atoms with E-state index in [1.807, 2.05) is 74.9 Å². The molecule has 0 saturated heterocycles. The number of hydrogen-bond donors (Lipinski definition) is 3. The van der Waals surface area contributed by atoms with Crippen LogP contribution in [-0.2, 0) is 22.9 Å². The number of aliphatic hydroxyl groups is 1. The first-order valence-electron chi connectivity index (χ1n) is 41.2. The number of aliphatic hydroxyl groups excluding tert-OH is 1. The van der Waals surface area contributed by atoms with Gasteiger partial charge >= 0.3 is 34.4 Å². The summed E-state index contributed by atoms with van der Waals surface area (Å²) in [5.74, 6) is 0.0447. The van der Waals surface area contributed by atoms with Crippen LogP contribution in [0, 0.1) is 44.1 Å². The third kappa shape index (κ3) is 36.3. The van der Waals surface area contributed by atoms with Gasteiger partial charge in [0, 0.05) is 101 Å². The Morgan fingerprint density at radius 1 is 0.469 bits per heavy atom. The number of nitrogens with one attached hydrogen (secondary N) is 2. The SMILES string of the molecule is Brc1ccc(Br)nc1.C.COc1ccc(Cn2nc(Nc3cc(Br)ncc3C(=O)c3ccccc3Cl)c([N+](=O)[O-])c2C)cc1.COc1ccc(Cn2nc(Nc3cc(S(C)(=O)=O)ncc3C(=O)c3ccccc3Cl)c([N+](=O)[O-])c2C)cc1.C[CH-]C.O=C(c1ccc(Br)nc1)c1ccccc1Cl.O=C(c1ccccc1Cl)c1cnc(Br)cc1I.O=Cc1ccccc1Cl.OC(c1ccc(Br)nc1)c1ccccc1Cl.[Cl-].[Mg+2]. The van der Waals surface area contributed by atoms with E-state index in [4.69, 9.17) is 79.1 Å². The van der Waals surface area contributed by atoms with Gasteiger partial charge in [-0.25, -0.2) is 38.3 Å². The van der Waals surface area contributed by atoms with Crippen LogP contribution in [0.5, 0.6) is 11.5 Å². The molecule has 8 aromatic carbocycles. The predicted molar refractivity (Wildman–Crippen MR) is 595 cm³/mol. The van der Waals surface area contributed by atoms with Crippen LogP contribution in [0.25, 0.3) is 0 Å². The average Bonchev–Trinajstić information content (AvgIpc) is 1.67. The number of carbonyl (C=O) groups is 5. The van der Waals surface area contributed by atoms with Crippen molar-refractivity contribution in [3.8, 4) is 11.5 Å². The van der Waals surface area contributed by atoms with E-state index in [2.05, 4.69) is 169 Å². The quantitative estimate of drug-likeness (QED) is 0.00739. The summed E-state index contributed by atoms with van der Waals surface area (Å²) in [5, 5.41) is 50.8. The van der Waals surface area contributed by atoms with Gasteiger partial charge in [0.05, 0.1) is 90.3 Å². The van der Waals surface area contributed by atoms with Gasteiger partial charge in [0.2, 0.25) is 11.6 Å². The third-order valence-corrected chi connectivity index (χ3v) is 26.0. The van der Waals surface area contributed by atoms with Crippen LogP contribution in [0.2, 0.25) is 30.1 Å². The Kier molecular flexibility index (Phi) is 51.8. The van der Waals surface area contributed by atoms with E-state index >= 15 is 0 Å². The summed E-state index contributed by atoms with van der Waals surface area (Å²) in [7, 11) is -0.639. The summed E-state index contributed by atoms with van der Waals surface area (Å²) in [6.07, 6.45) is 11.9. The fourth-order valence-corrected chi connectivity index (χ4v) is 16.9. The molecule has 746 valence electrons. The van der Waals surface area contributed by atoms with E-state index in [1.165, 1.54) is 33.9 Å². The number of anilines is 4. The van der Waals surface area contributed by atoms with E-state index in [-0.39, 0.29) is 138 Å². The summed E-state index contributed by atoms with van der Waals surface area (Å²) in [5.41, 5.74) is 6.69. The van der Waals surface area contributed by atoms with Gasteiger partial charge in [-0.3, -0.25) is 53.6 Å². The number of benzene rings is 8. The van der Waals surface area contributed by atoms with Crippen LogP contribution >= 0.6 is 188 Å². The molecule has 0 amide bonds. The fourth-order valence-electron chi connectivity index (χ4n) is 12.3. The largest absolute Gasteiger partial charge is 2.00 e. The van der Waals surface area contributed by atoms with E-state index in [9.17, 15) is 57.7 Å². The number of methoxy groups -OCH3 is 2. The maximum absolute atomic E-state index is 13.3. The zero-order chi connectivity index (χ0) is 104. The number of hydrogen-bond acceptors (Lipinski definition) is 24. The van der Waals surface area contributed by atoms with E-state index in [1.54, 1.807) is 223 Å². The predicted octanol–water partition coefficient (Wildman–Crippen LogP) is 25.4.